The Kier molecular flexibility index (Phi) is 13.1. The second-order valence-corrected chi connectivity index (χ2v) is 9.05. The molecule has 2 unspecified atom stereocenters. The van der Waals surface area contributed by atoms with Crippen molar-refractivity contribution in [2.75, 3.05) is 7.11 Å². The summed E-state index contributed by atoms with van der Waals surface area (Å²) in [6, 6.07) is 25.0. The molecule has 40 heavy (non-hydrogen) atoms. The van der Waals surface area contributed by atoms with Gasteiger partial charge in [0.05, 0.1) is 5.57 Å². The number of aliphatic hydroxyl groups excluding tert-OH is 1. The third-order valence-electron chi connectivity index (χ3n) is 5.26. The predicted octanol–water partition coefficient (Wildman–Crippen LogP) is 6.40. The highest BCUT2D eigenvalue weighted by atomic mass is 16.7. The SMILES string of the molecule is C=C(C(=O)Oc1ccccc1)C(O)C=Cc1ccccc1.C=C(C)C(=O)Oc1ccc(OC(OC)C(C)C)cc1. The molecule has 2 atom stereocenters. The van der Waals surface area contributed by atoms with E-state index >= 15 is 0 Å². The Hall–Kier alpha value is -4.46. The molecule has 0 fully saturated rings. The summed E-state index contributed by atoms with van der Waals surface area (Å²) in [6.45, 7) is 12.7. The Morgan fingerprint density at radius 2 is 1.27 bits per heavy atom. The van der Waals surface area contributed by atoms with Crippen LogP contribution < -0.4 is 14.2 Å². The lowest BCUT2D eigenvalue weighted by Crippen LogP contribution is -2.24. The first-order valence-electron chi connectivity index (χ1n) is 12.6. The first kappa shape index (κ1) is 31.8. The van der Waals surface area contributed by atoms with E-state index in [0.717, 1.165) is 5.56 Å². The Bertz CT molecular complexity index is 1260. The van der Waals surface area contributed by atoms with Crippen LogP contribution in [0.2, 0.25) is 0 Å². The van der Waals surface area contributed by atoms with Crippen molar-refractivity contribution in [3.8, 4) is 17.2 Å². The van der Waals surface area contributed by atoms with Gasteiger partial charge < -0.3 is 24.1 Å². The summed E-state index contributed by atoms with van der Waals surface area (Å²) in [7, 11) is 1.60. The van der Waals surface area contributed by atoms with Crippen LogP contribution in [0.5, 0.6) is 17.2 Å². The number of carbonyl (C=O) groups excluding carboxylic acids is 2. The highest BCUT2D eigenvalue weighted by molar-refractivity contribution is 5.91. The van der Waals surface area contributed by atoms with Gasteiger partial charge in [-0.25, -0.2) is 9.59 Å². The molecular weight excluding hydrogens is 508 g/mol. The van der Waals surface area contributed by atoms with Gasteiger partial charge in [0.25, 0.3) is 0 Å². The smallest absolute Gasteiger partial charge is 0.341 e. The minimum absolute atomic E-state index is 0.00830. The van der Waals surface area contributed by atoms with E-state index in [0.29, 0.717) is 22.8 Å². The van der Waals surface area contributed by atoms with Crippen molar-refractivity contribution in [2.24, 2.45) is 5.92 Å². The number of hydrogen-bond acceptors (Lipinski definition) is 7. The molecule has 0 radical (unpaired) electrons. The Balaban J connectivity index is 0.000000282. The lowest BCUT2D eigenvalue weighted by atomic mass is 10.1. The largest absolute Gasteiger partial charge is 0.465 e. The van der Waals surface area contributed by atoms with E-state index in [1.807, 2.05) is 50.2 Å². The molecule has 0 bridgehead atoms. The molecule has 3 aromatic rings. The third-order valence-corrected chi connectivity index (χ3v) is 5.26. The molecule has 0 amide bonds. The van der Waals surface area contributed by atoms with Gasteiger partial charge in [-0.15, -0.1) is 0 Å². The van der Waals surface area contributed by atoms with Gasteiger partial charge in [0.15, 0.2) is 0 Å². The predicted molar refractivity (Wildman–Crippen MR) is 156 cm³/mol. The molecule has 0 saturated carbocycles. The summed E-state index contributed by atoms with van der Waals surface area (Å²) in [5.74, 6) is 0.695. The maximum absolute atomic E-state index is 11.8. The fourth-order valence-electron chi connectivity index (χ4n) is 3.04. The molecule has 1 N–H and O–H groups in total. The van der Waals surface area contributed by atoms with Crippen molar-refractivity contribution in [1.29, 1.82) is 0 Å². The van der Waals surface area contributed by atoms with Crippen molar-refractivity contribution in [1.82, 2.24) is 0 Å². The van der Waals surface area contributed by atoms with Crippen LogP contribution in [0.3, 0.4) is 0 Å². The maximum atomic E-state index is 11.8. The zero-order valence-corrected chi connectivity index (χ0v) is 23.3. The second kappa shape index (κ2) is 16.5. The van der Waals surface area contributed by atoms with E-state index in [1.165, 1.54) is 6.08 Å². The molecule has 0 spiro atoms. The Morgan fingerprint density at radius 3 is 1.80 bits per heavy atom. The minimum Gasteiger partial charge on any atom is -0.465 e. The molecule has 0 aliphatic heterocycles. The van der Waals surface area contributed by atoms with Crippen LogP contribution in [0.25, 0.3) is 6.08 Å². The lowest BCUT2D eigenvalue weighted by Gasteiger charge is -2.20. The molecule has 0 saturated heterocycles. The van der Waals surface area contributed by atoms with Crippen molar-refractivity contribution >= 4 is 18.0 Å². The fraction of sp³-hybridized carbons (Fsp3) is 0.212. The van der Waals surface area contributed by atoms with Gasteiger partial charge in [-0.3, -0.25) is 0 Å². The number of rotatable bonds is 11. The molecule has 0 aliphatic rings. The van der Waals surface area contributed by atoms with Gasteiger partial charge in [0.1, 0.15) is 23.4 Å². The van der Waals surface area contributed by atoms with Gasteiger partial charge in [-0.1, -0.05) is 87.7 Å². The van der Waals surface area contributed by atoms with Gasteiger partial charge in [-0.2, -0.15) is 0 Å². The summed E-state index contributed by atoms with van der Waals surface area (Å²) in [6.07, 6.45) is 1.85. The molecule has 7 heteroatoms. The zero-order valence-electron chi connectivity index (χ0n) is 23.3. The molecule has 0 aromatic heterocycles. The van der Waals surface area contributed by atoms with Crippen LogP contribution in [-0.4, -0.2) is 36.5 Å². The lowest BCUT2D eigenvalue weighted by molar-refractivity contribution is -0.131. The standard InChI is InChI=1S/C18H16O3.C15H20O4/c1-14(18(20)21-16-10-6-3-7-11-16)17(19)13-12-15-8-4-2-5-9-15;1-10(2)14(16)18-12-6-8-13(9-7-12)19-15(17-5)11(3)4/h2-13,17,19H,1H2;6-9,11,15H,1H2,2-5H3. The monoisotopic (exact) mass is 544 g/mol. The van der Waals surface area contributed by atoms with Crippen LogP contribution in [0.4, 0.5) is 0 Å². The van der Waals surface area contributed by atoms with Gasteiger partial charge in [0, 0.05) is 18.6 Å². The van der Waals surface area contributed by atoms with Crippen molar-refractivity contribution in [2.45, 2.75) is 33.2 Å². The number of benzene rings is 3. The van der Waals surface area contributed by atoms with E-state index in [9.17, 15) is 14.7 Å². The van der Waals surface area contributed by atoms with E-state index in [-0.39, 0.29) is 17.8 Å². The maximum Gasteiger partial charge on any atom is 0.341 e. The molecule has 0 heterocycles. The van der Waals surface area contributed by atoms with E-state index < -0.39 is 18.0 Å². The van der Waals surface area contributed by atoms with Crippen LogP contribution in [0.15, 0.2) is 115 Å². The zero-order chi connectivity index (χ0) is 29.5. The van der Waals surface area contributed by atoms with Crippen LogP contribution in [0.1, 0.15) is 26.3 Å². The first-order valence-corrected chi connectivity index (χ1v) is 12.6. The minimum atomic E-state index is -1.08. The second-order valence-electron chi connectivity index (χ2n) is 9.05. The Labute approximate surface area is 236 Å². The number of carbonyl (C=O) groups is 2. The van der Waals surface area contributed by atoms with Gasteiger partial charge in [-0.05, 0) is 48.9 Å². The number of para-hydroxylation sites is 1. The van der Waals surface area contributed by atoms with Crippen LogP contribution >= 0.6 is 0 Å². The fourth-order valence-corrected chi connectivity index (χ4v) is 3.04. The van der Waals surface area contributed by atoms with E-state index in [1.54, 1.807) is 68.6 Å². The summed E-state index contributed by atoms with van der Waals surface area (Å²) in [5, 5.41) is 9.94. The molecule has 3 rings (SSSR count). The molecule has 0 aliphatic carbocycles. The summed E-state index contributed by atoms with van der Waals surface area (Å²) in [5.41, 5.74) is 1.28. The summed E-state index contributed by atoms with van der Waals surface area (Å²) in [4.78, 5) is 23.2. The Morgan fingerprint density at radius 1 is 0.775 bits per heavy atom. The van der Waals surface area contributed by atoms with E-state index in [4.69, 9.17) is 18.9 Å². The normalized spacial score (nSPS) is 12.1. The highest BCUT2D eigenvalue weighted by Gasteiger charge is 2.16. The number of methoxy groups -OCH3 is 1. The molecular formula is C33H36O7. The quantitative estimate of drug-likeness (QED) is 0.129. The molecule has 210 valence electrons. The number of aliphatic hydroxyl groups is 1. The first-order chi connectivity index (χ1) is 19.1. The van der Waals surface area contributed by atoms with E-state index in [2.05, 4.69) is 13.2 Å². The van der Waals surface area contributed by atoms with Crippen LogP contribution in [0, 0.1) is 5.92 Å². The summed E-state index contributed by atoms with van der Waals surface area (Å²) >= 11 is 0. The number of hydrogen-bond donors (Lipinski definition) is 1. The number of esters is 2. The summed E-state index contributed by atoms with van der Waals surface area (Å²) < 4.78 is 21.1. The average Bonchev–Trinajstić information content (AvgIpc) is 2.96. The van der Waals surface area contributed by atoms with Crippen molar-refractivity contribution < 1.29 is 33.6 Å². The third kappa shape index (κ3) is 11.1. The van der Waals surface area contributed by atoms with Crippen LogP contribution in [-0.2, 0) is 14.3 Å². The van der Waals surface area contributed by atoms with Crippen molar-refractivity contribution in [3.05, 3.63) is 121 Å². The average molecular weight is 545 g/mol. The van der Waals surface area contributed by atoms with Gasteiger partial charge in [0.2, 0.25) is 6.29 Å². The van der Waals surface area contributed by atoms with Crippen molar-refractivity contribution in [3.63, 3.8) is 0 Å². The number of ether oxygens (including phenoxy) is 4. The molecule has 7 nitrogen and oxygen atoms in total. The topological polar surface area (TPSA) is 91.3 Å². The highest BCUT2D eigenvalue weighted by Crippen LogP contribution is 2.21. The van der Waals surface area contributed by atoms with Gasteiger partial charge >= 0.3 is 11.9 Å². The molecule has 3 aromatic carbocycles.